The lowest BCUT2D eigenvalue weighted by atomic mass is 9.53. The van der Waals surface area contributed by atoms with Crippen LogP contribution in [0.15, 0.2) is 231 Å². The molecule has 2 atom stereocenters. The average Bonchev–Trinajstić information content (AvgIpc) is 3.29. The van der Waals surface area contributed by atoms with Crippen molar-refractivity contribution in [1.82, 2.24) is 0 Å². The number of nitriles is 2. The summed E-state index contributed by atoms with van der Waals surface area (Å²) in [4.78, 5) is 0. The molecule has 56 heavy (non-hydrogen) atoms. The van der Waals surface area contributed by atoms with Crippen LogP contribution in [0.2, 0.25) is 0 Å². The van der Waals surface area contributed by atoms with Crippen LogP contribution >= 0.6 is 0 Å². The Balaban J connectivity index is 1.24. The molecular formula is C54H40N2. The van der Waals surface area contributed by atoms with E-state index in [4.69, 9.17) is 0 Å². The van der Waals surface area contributed by atoms with E-state index in [1.807, 2.05) is 103 Å². The summed E-state index contributed by atoms with van der Waals surface area (Å²) < 4.78 is 0. The zero-order chi connectivity index (χ0) is 38.2. The zero-order valence-corrected chi connectivity index (χ0v) is 31.0. The van der Waals surface area contributed by atoms with Gasteiger partial charge < -0.3 is 0 Å². The lowest BCUT2D eigenvalue weighted by Crippen LogP contribution is -2.49. The summed E-state index contributed by atoms with van der Waals surface area (Å²) in [5.41, 5.74) is 7.40. The van der Waals surface area contributed by atoms with Gasteiger partial charge in [-0.05, 0) is 55.6 Å². The van der Waals surface area contributed by atoms with Crippen molar-refractivity contribution < 1.29 is 0 Å². The minimum absolute atomic E-state index is 0.0784. The third-order valence-electron chi connectivity index (χ3n) is 11.2. The third-order valence-corrected chi connectivity index (χ3v) is 11.2. The second-order valence-corrected chi connectivity index (χ2v) is 14.2. The molecular weight excluding hydrogens is 677 g/mol. The van der Waals surface area contributed by atoms with Crippen LogP contribution in [0.5, 0.6) is 0 Å². The van der Waals surface area contributed by atoms with E-state index in [0.29, 0.717) is 0 Å². The van der Waals surface area contributed by atoms with Gasteiger partial charge in [-0.25, -0.2) is 0 Å². The highest BCUT2D eigenvalue weighted by molar-refractivity contribution is 5.68. The van der Waals surface area contributed by atoms with Crippen molar-refractivity contribution in [3.63, 3.8) is 0 Å². The maximum atomic E-state index is 11.5. The average molecular weight is 717 g/mol. The van der Waals surface area contributed by atoms with E-state index in [1.54, 1.807) is 0 Å². The van der Waals surface area contributed by atoms with E-state index in [1.165, 1.54) is 22.3 Å². The molecule has 2 nitrogen and oxygen atoms in total. The Morgan fingerprint density at radius 3 is 0.786 bits per heavy atom. The van der Waals surface area contributed by atoms with Gasteiger partial charge in [0.15, 0.2) is 0 Å². The summed E-state index contributed by atoms with van der Waals surface area (Å²) in [7, 11) is 0. The van der Waals surface area contributed by atoms with E-state index in [9.17, 15) is 10.5 Å². The van der Waals surface area contributed by atoms with Crippen molar-refractivity contribution in [3.8, 4) is 23.3 Å². The number of benzene rings is 8. The summed E-state index contributed by atoms with van der Waals surface area (Å²) in [5, 5.41) is 23.0. The fraction of sp³-hybridized carbons (Fsp3) is 0.0741. The first kappa shape index (κ1) is 35.8. The molecule has 2 heteroatoms. The molecule has 0 aliphatic rings. The Bertz CT molecular complexity index is 2480. The third kappa shape index (κ3) is 6.39. The summed E-state index contributed by atoms with van der Waals surface area (Å²) in [6, 6.07) is 84.3. The molecule has 8 aromatic carbocycles. The van der Waals surface area contributed by atoms with Crippen molar-refractivity contribution >= 4 is 0 Å². The minimum Gasteiger partial charge on any atom is -0.197 e. The first-order chi connectivity index (χ1) is 27.7. The van der Waals surface area contributed by atoms with Crippen LogP contribution in [0, 0.1) is 22.7 Å². The van der Waals surface area contributed by atoms with Gasteiger partial charge in [-0.2, -0.15) is 10.5 Å². The lowest BCUT2D eigenvalue weighted by molar-refractivity contribution is 0.470. The molecule has 2 unspecified atom stereocenters. The fourth-order valence-electron chi connectivity index (χ4n) is 8.62. The first-order valence-electron chi connectivity index (χ1n) is 19.0. The second-order valence-electron chi connectivity index (χ2n) is 14.2. The maximum Gasteiger partial charge on any atom is 0.134 e. The standard InChI is InChI=1S/C54H40N2/c55-39-53(47-25-13-4-14-26-47,48-27-15-5-16-28-48)54(40-56,49-29-17-6-18-30-49)50-37-35-42(36-38-50)41-31-33-46(34-32-41)52(45-23-11-3-12-24-45)51(43-19-7-1-8-20-43)44-21-9-2-10-22-44/h1-38,51-52H. The Labute approximate surface area is 330 Å². The van der Waals surface area contributed by atoms with Crippen LogP contribution in [-0.2, 0) is 10.8 Å². The lowest BCUT2D eigenvalue weighted by Gasteiger charge is -2.43. The molecule has 8 rings (SSSR count). The van der Waals surface area contributed by atoms with Crippen molar-refractivity contribution in [3.05, 3.63) is 275 Å². The molecule has 0 aliphatic carbocycles. The minimum atomic E-state index is -1.39. The highest BCUT2D eigenvalue weighted by Gasteiger charge is 2.57. The number of nitrogens with zero attached hydrogens (tertiary/aromatic N) is 2. The van der Waals surface area contributed by atoms with Gasteiger partial charge in [0, 0.05) is 11.8 Å². The Morgan fingerprint density at radius 2 is 0.500 bits per heavy atom. The molecule has 0 fully saturated rings. The molecule has 0 aliphatic heterocycles. The largest absolute Gasteiger partial charge is 0.197 e. The molecule has 266 valence electrons. The fourth-order valence-corrected chi connectivity index (χ4v) is 8.62. The van der Waals surface area contributed by atoms with Gasteiger partial charge >= 0.3 is 0 Å². The maximum absolute atomic E-state index is 11.5. The number of hydrogen-bond acceptors (Lipinski definition) is 2. The molecule has 8 aromatic rings. The van der Waals surface area contributed by atoms with Crippen molar-refractivity contribution in [2.24, 2.45) is 0 Å². The van der Waals surface area contributed by atoms with E-state index >= 15 is 0 Å². The van der Waals surface area contributed by atoms with Crippen LogP contribution < -0.4 is 0 Å². The second kappa shape index (κ2) is 16.0. The highest BCUT2D eigenvalue weighted by Crippen LogP contribution is 2.53. The molecule has 0 radical (unpaired) electrons. The Kier molecular flexibility index (Phi) is 10.2. The first-order valence-corrected chi connectivity index (χ1v) is 19.0. The van der Waals surface area contributed by atoms with Gasteiger partial charge in [-0.3, -0.25) is 0 Å². The summed E-state index contributed by atoms with van der Waals surface area (Å²) in [6.45, 7) is 0. The normalized spacial score (nSPS) is 12.8. The van der Waals surface area contributed by atoms with Crippen LogP contribution in [0.1, 0.15) is 56.3 Å². The molecule has 0 heterocycles. The van der Waals surface area contributed by atoms with Crippen LogP contribution in [-0.4, -0.2) is 0 Å². The quantitative estimate of drug-likeness (QED) is 0.134. The van der Waals surface area contributed by atoms with E-state index in [-0.39, 0.29) is 11.8 Å². The predicted octanol–water partition coefficient (Wildman–Crippen LogP) is 12.6. The molecule has 0 aromatic heterocycles. The van der Waals surface area contributed by atoms with E-state index < -0.39 is 10.8 Å². The van der Waals surface area contributed by atoms with Crippen LogP contribution in [0.3, 0.4) is 0 Å². The monoisotopic (exact) mass is 716 g/mol. The van der Waals surface area contributed by atoms with Gasteiger partial charge in [0.1, 0.15) is 10.8 Å². The molecule has 0 spiro atoms. The van der Waals surface area contributed by atoms with Gasteiger partial charge in [-0.15, -0.1) is 0 Å². The summed E-state index contributed by atoms with van der Waals surface area (Å²) in [5.74, 6) is 0.186. The number of hydrogen-bond donors (Lipinski definition) is 0. The molecule has 0 bridgehead atoms. The van der Waals surface area contributed by atoms with Gasteiger partial charge in [0.05, 0.1) is 12.1 Å². The van der Waals surface area contributed by atoms with Crippen molar-refractivity contribution in [2.45, 2.75) is 22.7 Å². The predicted molar refractivity (Wildman–Crippen MR) is 227 cm³/mol. The molecule has 0 saturated heterocycles. The molecule has 0 N–H and O–H groups in total. The van der Waals surface area contributed by atoms with E-state index in [2.05, 4.69) is 140 Å². The summed E-state index contributed by atoms with van der Waals surface area (Å²) >= 11 is 0. The van der Waals surface area contributed by atoms with Crippen LogP contribution in [0.4, 0.5) is 0 Å². The topological polar surface area (TPSA) is 47.6 Å². The van der Waals surface area contributed by atoms with Gasteiger partial charge in [0.2, 0.25) is 0 Å². The van der Waals surface area contributed by atoms with Gasteiger partial charge in [-0.1, -0.05) is 231 Å². The Hall–Kier alpha value is -7.26. The number of rotatable bonds is 11. The summed E-state index contributed by atoms with van der Waals surface area (Å²) in [6.07, 6.45) is 0. The Morgan fingerprint density at radius 1 is 0.268 bits per heavy atom. The van der Waals surface area contributed by atoms with Crippen LogP contribution in [0.25, 0.3) is 11.1 Å². The highest BCUT2D eigenvalue weighted by atomic mass is 14.6. The molecule has 0 amide bonds. The molecule has 0 saturated carbocycles. The van der Waals surface area contributed by atoms with Crippen molar-refractivity contribution in [1.29, 1.82) is 10.5 Å². The van der Waals surface area contributed by atoms with Crippen molar-refractivity contribution in [2.75, 3.05) is 0 Å². The van der Waals surface area contributed by atoms with Gasteiger partial charge in [0.25, 0.3) is 0 Å². The SMILES string of the molecule is N#CC(c1ccccc1)(c1ccccc1)C(C#N)(c1ccccc1)c1ccc(-c2ccc(C(c3ccccc3)C(c3ccccc3)c3ccccc3)cc2)cc1. The smallest absolute Gasteiger partial charge is 0.134 e. The zero-order valence-electron chi connectivity index (χ0n) is 31.0. The van der Waals surface area contributed by atoms with E-state index in [0.717, 1.165) is 33.4 Å².